The molecule has 1 amide bonds. The Morgan fingerprint density at radius 2 is 1.68 bits per heavy atom. The molecule has 1 fully saturated rings. The molecule has 198 valence electrons. The number of carbonyl (C=O) groups is 1. The zero-order valence-corrected chi connectivity index (χ0v) is 25.1. The van der Waals surface area contributed by atoms with E-state index in [1.807, 2.05) is 66.7 Å². The average Bonchev–Trinajstić information content (AvgIpc) is 3.21. The Labute approximate surface area is 243 Å². The first kappa shape index (κ1) is 28.2. The summed E-state index contributed by atoms with van der Waals surface area (Å²) >= 11 is 8.39. The van der Waals surface area contributed by atoms with Crippen LogP contribution in [0.1, 0.15) is 11.1 Å². The normalized spacial score (nSPS) is 15.4. The third kappa shape index (κ3) is 6.99. The van der Waals surface area contributed by atoms with Gasteiger partial charge in [0, 0.05) is 16.1 Å². The van der Waals surface area contributed by atoms with Crippen molar-refractivity contribution in [3.05, 3.63) is 85.6 Å². The second kappa shape index (κ2) is 13.3. The molecule has 0 bridgehead atoms. The Morgan fingerprint density at radius 1 is 0.947 bits per heavy atom. The molecule has 0 aromatic heterocycles. The molecule has 7 nitrogen and oxygen atoms in total. The molecule has 1 saturated heterocycles. The van der Waals surface area contributed by atoms with Gasteiger partial charge in [-0.05, 0) is 77.5 Å². The fourth-order valence-corrected chi connectivity index (χ4v) is 5.27. The standard InChI is InChI=1S/C28H26Br2N2O5S/c1-34-13-12-32-27(33)26(38-28(32)31-21-8-10-22(35-2)11-9-21)15-19-14-24(36-3)25(16-23(19)30)37-17-18-4-6-20(29)7-5-18/h4-11,14-16H,12-13,17H2,1-3H3/b26-15-,31-28?. The van der Waals surface area contributed by atoms with Gasteiger partial charge in [-0.15, -0.1) is 0 Å². The highest BCUT2D eigenvalue weighted by molar-refractivity contribution is 9.10. The molecule has 1 heterocycles. The van der Waals surface area contributed by atoms with Gasteiger partial charge in [-0.3, -0.25) is 9.69 Å². The van der Waals surface area contributed by atoms with Crippen molar-refractivity contribution >= 4 is 66.5 Å². The number of hydrogen-bond donors (Lipinski definition) is 0. The number of hydrogen-bond acceptors (Lipinski definition) is 7. The van der Waals surface area contributed by atoms with E-state index in [1.54, 1.807) is 26.2 Å². The number of thioether (sulfide) groups is 1. The molecule has 10 heteroatoms. The molecule has 1 aliphatic heterocycles. The van der Waals surface area contributed by atoms with E-state index >= 15 is 0 Å². The van der Waals surface area contributed by atoms with E-state index in [0.29, 0.717) is 41.3 Å². The zero-order valence-electron chi connectivity index (χ0n) is 21.1. The van der Waals surface area contributed by atoms with Crippen LogP contribution in [0.15, 0.2) is 79.5 Å². The maximum Gasteiger partial charge on any atom is 0.266 e. The van der Waals surface area contributed by atoms with Gasteiger partial charge in [-0.2, -0.15) is 0 Å². The van der Waals surface area contributed by atoms with Crippen LogP contribution in [0.2, 0.25) is 0 Å². The second-order valence-corrected chi connectivity index (χ2v) is 10.9. The van der Waals surface area contributed by atoms with Crippen LogP contribution in [0.5, 0.6) is 17.2 Å². The van der Waals surface area contributed by atoms with Crippen LogP contribution in [0.25, 0.3) is 6.08 Å². The van der Waals surface area contributed by atoms with Gasteiger partial charge in [0.15, 0.2) is 16.7 Å². The second-order valence-electron chi connectivity index (χ2n) is 8.09. The Bertz CT molecular complexity index is 1340. The zero-order chi connectivity index (χ0) is 27.1. The number of aliphatic imine (C=N–C) groups is 1. The molecule has 0 atom stereocenters. The summed E-state index contributed by atoms with van der Waals surface area (Å²) < 4.78 is 23.9. The Kier molecular flexibility index (Phi) is 9.90. The van der Waals surface area contributed by atoms with Crippen molar-refractivity contribution in [2.24, 2.45) is 4.99 Å². The third-order valence-electron chi connectivity index (χ3n) is 5.58. The van der Waals surface area contributed by atoms with Crippen LogP contribution in [0.4, 0.5) is 5.69 Å². The lowest BCUT2D eigenvalue weighted by molar-refractivity contribution is -0.122. The third-order valence-corrected chi connectivity index (χ3v) is 7.80. The summed E-state index contributed by atoms with van der Waals surface area (Å²) in [5.41, 5.74) is 2.54. The Hall–Kier alpha value is -2.79. The first-order chi connectivity index (χ1) is 18.4. The van der Waals surface area contributed by atoms with Crippen molar-refractivity contribution in [1.82, 2.24) is 4.90 Å². The van der Waals surface area contributed by atoms with E-state index in [2.05, 4.69) is 31.9 Å². The van der Waals surface area contributed by atoms with Crippen molar-refractivity contribution in [3.63, 3.8) is 0 Å². The number of rotatable bonds is 10. The monoisotopic (exact) mass is 660 g/mol. The quantitative estimate of drug-likeness (QED) is 0.217. The molecule has 4 rings (SSSR count). The molecule has 0 radical (unpaired) electrons. The number of amidine groups is 1. The van der Waals surface area contributed by atoms with E-state index in [1.165, 1.54) is 11.8 Å². The van der Waals surface area contributed by atoms with Crippen LogP contribution in [0.3, 0.4) is 0 Å². The van der Waals surface area contributed by atoms with Gasteiger partial charge in [0.05, 0.1) is 38.0 Å². The van der Waals surface area contributed by atoms with Crippen molar-refractivity contribution in [1.29, 1.82) is 0 Å². The van der Waals surface area contributed by atoms with E-state index in [4.69, 9.17) is 23.9 Å². The fourth-order valence-electron chi connectivity index (χ4n) is 3.56. The summed E-state index contributed by atoms with van der Waals surface area (Å²) in [4.78, 5) is 20.2. The summed E-state index contributed by atoms with van der Waals surface area (Å²) in [5.74, 6) is 1.76. The summed E-state index contributed by atoms with van der Waals surface area (Å²) in [6.45, 7) is 1.18. The number of ether oxygens (including phenoxy) is 4. The van der Waals surface area contributed by atoms with Crippen molar-refractivity contribution in [2.45, 2.75) is 6.61 Å². The van der Waals surface area contributed by atoms with E-state index in [0.717, 1.165) is 31.5 Å². The minimum absolute atomic E-state index is 0.138. The highest BCUT2D eigenvalue weighted by Gasteiger charge is 2.33. The van der Waals surface area contributed by atoms with Gasteiger partial charge >= 0.3 is 0 Å². The lowest BCUT2D eigenvalue weighted by Crippen LogP contribution is -2.32. The summed E-state index contributed by atoms with van der Waals surface area (Å²) in [6.07, 6.45) is 1.83. The molecule has 38 heavy (non-hydrogen) atoms. The van der Waals surface area contributed by atoms with Crippen LogP contribution in [-0.2, 0) is 16.1 Å². The topological polar surface area (TPSA) is 69.6 Å². The van der Waals surface area contributed by atoms with Gasteiger partial charge in [0.25, 0.3) is 5.91 Å². The van der Waals surface area contributed by atoms with Crippen molar-refractivity contribution < 1.29 is 23.7 Å². The first-order valence-electron chi connectivity index (χ1n) is 11.6. The van der Waals surface area contributed by atoms with E-state index < -0.39 is 0 Å². The van der Waals surface area contributed by atoms with Crippen LogP contribution < -0.4 is 14.2 Å². The van der Waals surface area contributed by atoms with Gasteiger partial charge in [0.2, 0.25) is 0 Å². The van der Waals surface area contributed by atoms with Crippen LogP contribution >= 0.6 is 43.6 Å². The molecule has 0 spiro atoms. The number of halogens is 2. The minimum atomic E-state index is -0.138. The first-order valence-corrected chi connectivity index (χ1v) is 14.0. The fraction of sp³-hybridized carbons (Fsp3) is 0.214. The molecule has 3 aromatic carbocycles. The molecule has 0 aliphatic carbocycles. The average molecular weight is 662 g/mol. The molecule has 1 aliphatic rings. The molecular weight excluding hydrogens is 636 g/mol. The minimum Gasteiger partial charge on any atom is -0.497 e. The van der Waals surface area contributed by atoms with Crippen LogP contribution in [-0.4, -0.2) is 50.5 Å². The van der Waals surface area contributed by atoms with Gasteiger partial charge in [-0.1, -0.05) is 44.0 Å². The maximum absolute atomic E-state index is 13.3. The largest absolute Gasteiger partial charge is 0.497 e. The number of benzene rings is 3. The van der Waals surface area contributed by atoms with E-state index in [9.17, 15) is 4.79 Å². The predicted octanol–water partition coefficient (Wildman–Crippen LogP) is 7.06. The molecule has 0 saturated carbocycles. The van der Waals surface area contributed by atoms with Gasteiger partial charge in [-0.25, -0.2) is 4.99 Å². The SMILES string of the molecule is COCCN1C(=O)/C(=C/c2cc(OC)c(OCc3ccc(Br)cc3)cc2Br)SC1=Nc1ccc(OC)cc1. The van der Waals surface area contributed by atoms with Crippen molar-refractivity contribution in [2.75, 3.05) is 34.5 Å². The summed E-state index contributed by atoms with van der Waals surface area (Å²) in [6, 6.07) is 19.0. The lowest BCUT2D eigenvalue weighted by Gasteiger charge is -2.15. The number of carbonyl (C=O) groups excluding carboxylic acids is 1. The smallest absolute Gasteiger partial charge is 0.266 e. The highest BCUT2D eigenvalue weighted by atomic mass is 79.9. The predicted molar refractivity (Wildman–Crippen MR) is 158 cm³/mol. The summed E-state index contributed by atoms with van der Waals surface area (Å²) in [7, 11) is 4.81. The summed E-state index contributed by atoms with van der Waals surface area (Å²) in [5, 5.41) is 0.584. The molecular formula is C28H26Br2N2O5S. The highest BCUT2D eigenvalue weighted by Crippen LogP contribution is 2.39. The van der Waals surface area contributed by atoms with Gasteiger partial charge in [0.1, 0.15) is 12.4 Å². The molecule has 3 aromatic rings. The number of methoxy groups -OCH3 is 3. The van der Waals surface area contributed by atoms with Gasteiger partial charge < -0.3 is 18.9 Å². The number of nitrogens with zero attached hydrogens (tertiary/aromatic N) is 2. The Balaban J connectivity index is 1.59. The van der Waals surface area contributed by atoms with Crippen molar-refractivity contribution in [3.8, 4) is 17.2 Å². The van der Waals surface area contributed by atoms with E-state index in [-0.39, 0.29) is 5.91 Å². The number of amides is 1. The van der Waals surface area contributed by atoms with Crippen LogP contribution in [0, 0.1) is 0 Å². The molecule has 0 N–H and O–H groups in total. The molecule has 0 unspecified atom stereocenters. The Morgan fingerprint density at radius 3 is 2.34 bits per heavy atom. The maximum atomic E-state index is 13.3. The lowest BCUT2D eigenvalue weighted by atomic mass is 10.1.